The van der Waals surface area contributed by atoms with Crippen molar-refractivity contribution in [2.24, 2.45) is 5.92 Å². The monoisotopic (exact) mass is 408 g/mol. The van der Waals surface area contributed by atoms with Gasteiger partial charge in [-0.2, -0.15) is 0 Å². The average molecular weight is 409 g/mol. The van der Waals surface area contributed by atoms with Crippen molar-refractivity contribution in [3.05, 3.63) is 47.5 Å². The molecule has 0 aliphatic heterocycles. The normalized spacial score (nSPS) is 11.2. The molecule has 30 heavy (non-hydrogen) atoms. The van der Waals surface area contributed by atoms with Gasteiger partial charge in [0.2, 0.25) is 0 Å². The number of para-hydroxylation sites is 1. The third kappa shape index (κ3) is 7.70. The van der Waals surface area contributed by atoms with Gasteiger partial charge in [-0.3, -0.25) is 0 Å². The molecule has 3 N–H and O–H groups in total. The molecule has 0 spiro atoms. The molecule has 2 rings (SSSR count). The second-order valence-corrected chi connectivity index (χ2v) is 9.19. The van der Waals surface area contributed by atoms with E-state index in [4.69, 9.17) is 5.73 Å². The van der Waals surface area contributed by atoms with Gasteiger partial charge >= 0.3 is 0 Å². The molecule has 2 aromatic carbocycles. The van der Waals surface area contributed by atoms with Crippen molar-refractivity contribution in [1.29, 1.82) is 0 Å². The van der Waals surface area contributed by atoms with Gasteiger partial charge in [0.05, 0.1) is 11.4 Å². The van der Waals surface area contributed by atoms with Crippen molar-refractivity contribution in [2.75, 3.05) is 17.6 Å². The van der Waals surface area contributed by atoms with Crippen LogP contribution in [0.25, 0.3) is 11.1 Å². The molecule has 0 amide bonds. The fourth-order valence-electron chi connectivity index (χ4n) is 4.21. The van der Waals surface area contributed by atoms with Crippen molar-refractivity contribution in [1.82, 2.24) is 0 Å². The second-order valence-electron chi connectivity index (χ2n) is 9.19. The molecule has 0 saturated heterocycles. The number of nitrogens with one attached hydrogen (secondary N) is 1. The predicted molar refractivity (Wildman–Crippen MR) is 135 cm³/mol. The number of nitrogen functional groups attached to an aromatic ring is 1. The summed E-state index contributed by atoms with van der Waals surface area (Å²) in [6.07, 6.45) is 13.1. The summed E-state index contributed by atoms with van der Waals surface area (Å²) >= 11 is 0. The van der Waals surface area contributed by atoms with E-state index in [1.54, 1.807) is 0 Å². The van der Waals surface area contributed by atoms with Crippen molar-refractivity contribution in [3.63, 3.8) is 0 Å². The zero-order valence-corrected chi connectivity index (χ0v) is 19.9. The van der Waals surface area contributed by atoms with E-state index in [1.165, 1.54) is 80.9 Å². The summed E-state index contributed by atoms with van der Waals surface area (Å²) in [5.74, 6) is 0.747. The Hall–Kier alpha value is -1.96. The zero-order valence-electron chi connectivity index (χ0n) is 19.9. The Morgan fingerprint density at radius 3 is 2.23 bits per heavy atom. The Morgan fingerprint density at radius 2 is 1.50 bits per heavy atom. The number of anilines is 2. The van der Waals surface area contributed by atoms with Crippen LogP contribution in [0.15, 0.2) is 36.4 Å². The smallest absolute Gasteiger partial charge is 0.0629 e. The molecule has 0 aliphatic rings. The summed E-state index contributed by atoms with van der Waals surface area (Å²) in [4.78, 5) is 0. The van der Waals surface area contributed by atoms with Crippen LogP contribution >= 0.6 is 0 Å². The van der Waals surface area contributed by atoms with Crippen LogP contribution in [0.2, 0.25) is 0 Å². The van der Waals surface area contributed by atoms with Gasteiger partial charge in [0.25, 0.3) is 0 Å². The molecule has 2 heteroatoms. The molecule has 0 unspecified atom stereocenters. The summed E-state index contributed by atoms with van der Waals surface area (Å²) in [7, 11) is 0. The maximum absolute atomic E-state index is 6.59. The Balaban J connectivity index is 2.00. The molecule has 0 radical (unpaired) electrons. The molecule has 0 heterocycles. The Morgan fingerprint density at radius 1 is 0.833 bits per heavy atom. The lowest BCUT2D eigenvalue weighted by molar-refractivity contribution is 0.567. The molecular formula is C28H44N2. The molecule has 0 fully saturated rings. The van der Waals surface area contributed by atoms with Gasteiger partial charge in [-0.05, 0) is 61.3 Å². The molecule has 166 valence electrons. The minimum Gasteiger partial charge on any atom is -0.397 e. The van der Waals surface area contributed by atoms with Gasteiger partial charge in [-0.15, -0.1) is 0 Å². The molecule has 0 aliphatic carbocycles. The Labute approximate surface area is 185 Å². The fraction of sp³-hybridized carbons (Fsp3) is 0.571. The highest BCUT2D eigenvalue weighted by atomic mass is 14.9. The van der Waals surface area contributed by atoms with Crippen molar-refractivity contribution in [2.45, 2.75) is 91.9 Å². The number of unbranched alkanes of at least 4 members (excludes halogenated alkanes) is 6. The van der Waals surface area contributed by atoms with Crippen LogP contribution in [0.5, 0.6) is 0 Å². The van der Waals surface area contributed by atoms with Gasteiger partial charge in [0.1, 0.15) is 0 Å². The first kappa shape index (κ1) is 24.3. The quantitative estimate of drug-likeness (QED) is 0.243. The SMILES string of the molecule is CCCCCCCCCc1cccc(-c2cccc(NCCCC(C)C)c2N)c1C. The van der Waals surface area contributed by atoms with Crippen LogP contribution in [0.3, 0.4) is 0 Å². The summed E-state index contributed by atoms with van der Waals surface area (Å²) in [5.41, 5.74) is 13.8. The maximum Gasteiger partial charge on any atom is 0.0629 e. The zero-order chi connectivity index (χ0) is 21.8. The minimum absolute atomic E-state index is 0.747. The Bertz CT molecular complexity index is 748. The number of rotatable bonds is 14. The van der Waals surface area contributed by atoms with Gasteiger partial charge in [-0.1, -0.05) is 89.6 Å². The van der Waals surface area contributed by atoms with Gasteiger partial charge in [0.15, 0.2) is 0 Å². The van der Waals surface area contributed by atoms with Gasteiger partial charge < -0.3 is 11.1 Å². The van der Waals surface area contributed by atoms with Crippen LogP contribution in [0.1, 0.15) is 89.7 Å². The molecule has 0 bridgehead atoms. The number of aryl methyl sites for hydroxylation is 1. The lowest BCUT2D eigenvalue weighted by Crippen LogP contribution is -2.06. The fourth-order valence-corrected chi connectivity index (χ4v) is 4.21. The topological polar surface area (TPSA) is 38.0 Å². The van der Waals surface area contributed by atoms with E-state index in [9.17, 15) is 0 Å². The molecule has 0 aromatic heterocycles. The van der Waals surface area contributed by atoms with Crippen molar-refractivity contribution >= 4 is 11.4 Å². The van der Waals surface area contributed by atoms with Crippen LogP contribution < -0.4 is 11.1 Å². The van der Waals surface area contributed by atoms with E-state index in [-0.39, 0.29) is 0 Å². The molecule has 0 saturated carbocycles. The second kappa shape index (κ2) is 13.4. The van der Waals surface area contributed by atoms with Crippen LogP contribution in [-0.2, 0) is 6.42 Å². The largest absolute Gasteiger partial charge is 0.397 e. The third-order valence-corrected chi connectivity index (χ3v) is 6.17. The van der Waals surface area contributed by atoms with Crippen LogP contribution in [-0.4, -0.2) is 6.54 Å². The van der Waals surface area contributed by atoms with Crippen LogP contribution in [0, 0.1) is 12.8 Å². The summed E-state index contributed by atoms with van der Waals surface area (Å²) < 4.78 is 0. The van der Waals surface area contributed by atoms with Gasteiger partial charge in [0, 0.05) is 12.1 Å². The molecule has 2 nitrogen and oxygen atoms in total. The van der Waals surface area contributed by atoms with E-state index in [0.29, 0.717) is 0 Å². The third-order valence-electron chi connectivity index (χ3n) is 6.17. The van der Waals surface area contributed by atoms with E-state index < -0.39 is 0 Å². The predicted octanol–water partition coefficient (Wildman–Crippen LogP) is 8.39. The first-order chi connectivity index (χ1) is 14.5. The van der Waals surface area contributed by atoms with Crippen molar-refractivity contribution in [3.8, 4) is 11.1 Å². The van der Waals surface area contributed by atoms with E-state index >= 15 is 0 Å². The molecule has 0 atom stereocenters. The minimum atomic E-state index is 0.747. The molecular weight excluding hydrogens is 364 g/mol. The van der Waals surface area contributed by atoms with Gasteiger partial charge in [-0.25, -0.2) is 0 Å². The number of nitrogens with two attached hydrogens (primary N) is 1. The van der Waals surface area contributed by atoms with E-state index in [0.717, 1.165) is 29.4 Å². The van der Waals surface area contributed by atoms with E-state index in [2.05, 4.69) is 69.4 Å². The number of hydrogen-bond donors (Lipinski definition) is 2. The molecule has 2 aromatic rings. The summed E-state index contributed by atoms with van der Waals surface area (Å²) in [6.45, 7) is 10.1. The lowest BCUT2D eigenvalue weighted by Gasteiger charge is -2.17. The Kier molecular flexibility index (Phi) is 10.8. The summed E-state index contributed by atoms with van der Waals surface area (Å²) in [6, 6.07) is 13.1. The number of hydrogen-bond acceptors (Lipinski definition) is 2. The highest BCUT2D eigenvalue weighted by Crippen LogP contribution is 2.35. The highest BCUT2D eigenvalue weighted by molar-refractivity contribution is 5.86. The standard InChI is InChI=1S/C28H44N2/c1-5-6-7-8-9-10-11-16-24-17-12-18-25(23(24)4)26-19-13-20-27(28(26)29)30-21-14-15-22(2)3/h12-13,17-20,22,30H,5-11,14-16,21,29H2,1-4H3. The highest BCUT2D eigenvalue weighted by Gasteiger charge is 2.11. The first-order valence-corrected chi connectivity index (χ1v) is 12.3. The van der Waals surface area contributed by atoms with Crippen LogP contribution in [0.4, 0.5) is 11.4 Å². The average Bonchev–Trinajstić information content (AvgIpc) is 2.73. The van der Waals surface area contributed by atoms with E-state index in [1.807, 2.05) is 0 Å². The first-order valence-electron chi connectivity index (χ1n) is 12.3. The lowest BCUT2D eigenvalue weighted by atomic mass is 9.92. The van der Waals surface area contributed by atoms with Crippen molar-refractivity contribution < 1.29 is 0 Å². The number of benzene rings is 2. The maximum atomic E-state index is 6.59. The summed E-state index contributed by atoms with van der Waals surface area (Å²) in [5, 5.41) is 3.55.